The highest BCUT2D eigenvalue weighted by molar-refractivity contribution is 7.58. The van der Waals surface area contributed by atoms with Crippen LogP contribution in [0, 0.1) is 0 Å². The summed E-state index contributed by atoms with van der Waals surface area (Å²) >= 11 is 0. The lowest BCUT2D eigenvalue weighted by Gasteiger charge is -2.28. The van der Waals surface area contributed by atoms with E-state index in [2.05, 4.69) is 0 Å². The van der Waals surface area contributed by atoms with Gasteiger partial charge in [-0.2, -0.15) is 0 Å². The van der Waals surface area contributed by atoms with Crippen molar-refractivity contribution in [1.29, 1.82) is 0 Å². The Hall–Kier alpha value is -1.88. The van der Waals surface area contributed by atoms with Gasteiger partial charge in [0.15, 0.2) is 0 Å². The quantitative estimate of drug-likeness (QED) is 0.550. The van der Waals surface area contributed by atoms with E-state index in [1.54, 1.807) is 26.8 Å². The van der Waals surface area contributed by atoms with Crippen molar-refractivity contribution in [2.45, 2.75) is 32.8 Å². The molecule has 0 radical (unpaired) electrons. The zero-order chi connectivity index (χ0) is 18.6. The van der Waals surface area contributed by atoms with Crippen LogP contribution >= 0.6 is 7.60 Å². The molecule has 0 bridgehead atoms. The second kappa shape index (κ2) is 8.00. The average molecular weight is 366 g/mol. The number of carbonyl (C=O) groups excluding carboxylic acids is 1. The summed E-state index contributed by atoms with van der Waals surface area (Å²) in [7, 11) is -1.01. The highest BCUT2D eigenvalue weighted by Gasteiger charge is 2.38. The van der Waals surface area contributed by atoms with Crippen LogP contribution in [0.5, 0.6) is 0 Å². The third-order valence-electron chi connectivity index (χ3n) is 3.73. The third-order valence-corrected chi connectivity index (χ3v) is 5.47. The Bertz CT molecular complexity index is 727. The molecule has 0 N–H and O–H groups in total. The SMILES string of the molecule is COP(=O)(OC)C1=CC(c2ccccc2)C(C(=O)OC(C)C)=C(C)O1. The van der Waals surface area contributed by atoms with Crippen LogP contribution in [0.2, 0.25) is 0 Å². The van der Waals surface area contributed by atoms with E-state index in [4.69, 9.17) is 18.5 Å². The predicted molar refractivity (Wildman–Crippen MR) is 93.9 cm³/mol. The molecule has 2 rings (SSSR count). The fourth-order valence-corrected chi connectivity index (χ4v) is 3.65. The molecule has 1 heterocycles. The van der Waals surface area contributed by atoms with Gasteiger partial charge in [0, 0.05) is 20.1 Å². The van der Waals surface area contributed by atoms with E-state index in [9.17, 15) is 9.36 Å². The number of allylic oxidation sites excluding steroid dienone is 2. The molecule has 0 aliphatic carbocycles. The zero-order valence-corrected chi connectivity index (χ0v) is 15.9. The topological polar surface area (TPSA) is 71.1 Å². The lowest BCUT2D eigenvalue weighted by Crippen LogP contribution is -2.22. The summed E-state index contributed by atoms with van der Waals surface area (Å²) in [5.74, 6) is -0.637. The number of hydrogen-bond donors (Lipinski definition) is 0. The predicted octanol–water partition coefficient (Wildman–Crippen LogP) is 4.35. The molecule has 0 fully saturated rings. The summed E-state index contributed by atoms with van der Waals surface area (Å²) in [5.41, 5.74) is 1.27. The number of ether oxygens (including phenoxy) is 2. The first-order valence-electron chi connectivity index (χ1n) is 7.90. The maximum Gasteiger partial charge on any atom is 0.395 e. The summed E-state index contributed by atoms with van der Waals surface area (Å²) in [6.07, 6.45) is 1.33. The van der Waals surface area contributed by atoms with E-state index in [-0.39, 0.29) is 11.6 Å². The van der Waals surface area contributed by atoms with Crippen molar-refractivity contribution in [2.24, 2.45) is 0 Å². The van der Waals surface area contributed by atoms with Crippen LogP contribution in [0.15, 0.2) is 53.2 Å². The number of esters is 1. The molecule has 7 heteroatoms. The van der Waals surface area contributed by atoms with Crippen LogP contribution < -0.4 is 0 Å². The average Bonchev–Trinajstić information content (AvgIpc) is 2.60. The van der Waals surface area contributed by atoms with Crippen LogP contribution in [0.25, 0.3) is 0 Å². The van der Waals surface area contributed by atoms with Crippen molar-refractivity contribution < 1.29 is 27.9 Å². The van der Waals surface area contributed by atoms with Gasteiger partial charge in [-0.25, -0.2) is 4.79 Å². The van der Waals surface area contributed by atoms with Crippen LogP contribution in [0.1, 0.15) is 32.3 Å². The lowest BCUT2D eigenvalue weighted by molar-refractivity contribution is -0.143. The first kappa shape index (κ1) is 19.4. The minimum Gasteiger partial charge on any atom is -0.459 e. The van der Waals surface area contributed by atoms with Gasteiger partial charge < -0.3 is 18.5 Å². The highest BCUT2D eigenvalue weighted by atomic mass is 31.2. The normalized spacial score (nSPS) is 18.0. The Morgan fingerprint density at radius 2 is 1.76 bits per heavy atom. The molecule has 1 aliphatic heterocycles. The van der Waals surface area contributed by atoms with Crippen molar-refractivity contribution in [2.75, 3.05) is 14.2 Å². The van der Waals surface area contributed by atoms with Crippen LogP contribution in [-0.2, 0) is 27.9 Å². The Labute approximate surface area is 148 Å². The summed E-state index contributed by atoms with van der Waals surface area (Å²) < 4.78 is 33.7. The molecule has 0 amide bonds. The summed E-state index contributed by atoms with van der Waals surface area (Å²) in [5, 5.41) is 0. The van der Waals surface area contributed by atoms with Gasteiger partial charge in [0.2, 0.25) is 5.50 Å². The van der Waals surface area contributed by atoms with E-state index in [1.807, 2.05) is 30.3 Å². The highest BCUT2D eigenvalue weighted by Crippen LogP contribution is 2.58. The number of hydrogen-bond acceptors (Lipinski definition) is 6. The maximum atomic E-state index is 12.7. The molecule has 1 aromatic carbocycles. The number of rotatable bonds is 6. The smallest absolute Gasteiger partial charge is 0.395 e. The van der Waals surface area contributed by atoms with Crippen LogP contribution in [0.3, 0.4) is 0 Å². The fourth-order valence-electron chi connectivity index (χ4n) is 2.56. The molecular weight excluding hydrogens is 343 g/mol. The van der Waals surface area contributed by atoms with Crippen molar-refractivity contribution in [3.8, 4) is 0 Å². The first-order valence-corrected chi connectivity index (χ1v) is 9.45. The van der Waals surface area contributed by atoms with E-state index in [0.29, 0.717) is 11.3 Å². The molecule has 25 heavy (non-hydrogen) atoms. The minimum absolute atomic E-state index is 0.0601. The van der Waals surface area contributed by atoms with Gasteiger partial charge in [-0.05, 0) is 32.4 Å². The van der Waals surface area contributed by atoms with Gasteiger partial charge in [0.1, 0.15) is 5.76 Å². The van der Waals surface area contributed by atoms with Crippen LogP contribution in [-0.4, -0.2) is 26.3 Å². The molecule has 136 valence electrons. The van der Waals surface area contributed by atoms with Gasteiger partial charge in [0.25, 0.3) is 0 Å². The largest absolute Gasteiger partial charge is 0.459 e. The molecule has 1 atom stereocenters. The van der Waals surface area contributed by atoms with Crippen molar-refractivity contribution in [1.82, 2.24) is 0 Å². The van der Waals surface area contributed by atoms with E-state index >= 15 is 0 Å². The third kappa shape index (κ3) is 4.21. The molecule has 1 unspecified atom stereocenters. The Morgan fingerprint density at radius 3 is 2.28 bits per heavy atom. The first-order chi connectivity index (χ1) is 11.8. The summed E-state index contributed by atoms with van der Waals surface area (Å²) in [6.45, 7) is 5.19. The van der Waals surface area contributed by atoms with E-state index < -0.39 is 19.5 Å². The number of carbonyl (C=O) groups is 1. The van der Waals surface area contributed by atoms with Gasteiger partial charge in [-0.15, -0.1) is 0 Å². The second-order valence-electron chi connectivity index (χ2n) is 5.78. The monoisotopic (exact) mass is 366 g/mol. The molecule has 1 aliphatic rings. The molecule has 0 aromatic heterocycles. The van der Waals surface area contributed by atoms with Gasteiger partial charge in [0.05, 0.1) is 11.7 Å². The Kier molecular flexibility index (Phi) is 6.22. The summed E-state index contributed by atoms with van der Waals surface area (Å²) in [4.78, 5) is 12.6. The van der Waals surface area contributed by atoms with E-state index in [1.165, 1.54) is 14.2 Å². The van der Waals surface area contributed by atoms with Crippen molar-refractivity contribution in [3.05, 3.63) is 58.8 Å². The van der Waals surface area contributed by atoms with E-state index in [0.717, 1.165) is 5.56 Å². The van der Waals surface area contributed by atoms with Crippen molar-refractivity contribution in [3.63, 3.8) is 0 Å². The second-order valence-corrected chi connectivity index (χ2v) is 7.95. The molecular formula is C18H23O6P. The lowest BCUT2D eigenvalue weighted by atomic mass is 9.89. The molecule has 1 aromatic rings. The Morgan fingerprint density at radius 1 is 1.16 bits per heavy atom. The van der Waals surface area contributed by atoms with Gasteiger partial charge in [-0.3, -0.25) is 4.57 Å². The zero-order valence-electron chi connectivity index (χ0n) is 15.0. The summed E-state index contributed by atoms with van der Waals surface area (Å²) in [6, 6.07) is 9.37. The minimum atomic E-state index is -3.58. The molecule has 6 nitrogen and oxygen atoms in total. The molecule has 0 spiro atoms. The van der Waals surface area contributed by atoms with Crippen molar-refractivity contribution >= 4 is 13.6 Å². The molecule has 0 saturated heterocycles. The standard InChI is InChI=1S/C18H23O6P/c1-12(2)23-18(19)17-13(3)24-16(25(20,21-4)22-5)11-15(17)14-9-7-6-8-10-14/h6-12,15H,1-5H3. The van der Waals surface area contributed by atoms with Gasteiger partial charge >= 0.3 is 13.6 Å². The van der Waals surface area contributed by atoms with Crippen LogP contribution in [0.4, 0.5) is 0 Å². The Balaban J connectivity index is 2.53. The van der Waals surface area contributed by atoms with Gasteiger partial charge in [-0.1, -0.05) is 30.3 Å². The maximum absolute atomic E-state index is 12.7. The fraction of sp³-hybridized carbons (Fsp3) is 0.389. The molecule has 0 saturated carbocycles. The number of benzene rings is 1.